The number of aromatic hydroxyl groups is 1. The summed E-state index contributed by atoms with van der Waals surface area (Å²) >= 11 is 28.4. The monoisotopic (exact) mass is 1240 g/mol. The van der Waals surface area contributed by atoms with Crippen LogP contribution in [0.4, 0.5) is 14.5 Å². The minimum absolute atomic E-state index is 0.00921. The van der Waals surface area contributed by atoms with Gasteiger partial charge in [-0.3, -0.25) is 10.1 Å². The van der Waals surface area contributed by atoms with Crippen LogP contribution in [0.2, 0.25) is 20.1 Å². The first-order valence-corrected chi connectivity index (χ1v) is 22.2. The lowest BCUT2D eigenvalue weighted by atomic mass is 10.1. The molecule has 20 nitrogen and oxygen atoms in total. The SMILES string of the molecule is COc1ccc([N+](=O)[O-])c(OC)c1C(=O)O.COc1cccc(OC)c1C(=O)O.O=C(O)c1c(Cl)cccc1Cl.O=C(O)c1cc(Br)cc(Br)c1.O=C(O)c1cc(Cl)c(O)c(Cl)c1.O=C(O)c1cc(F)cc(F)c1. The van der Waals surface area contributed by atoms with Crippen molar-refractivity contribution in [2.75, 3.05) is 28.4 Å². The van der Waals surface area contributed by atoms with E-state index in [-0.39, 0.29) is 70.7 Å². The van der Waals surface area contributed by atoms with Gasteiger partial charge in [0, 0.05) is 21.1 Å². The zero-order valence-electron chi connectivity index (χ0n) is 37.7. The van der Waals surface area contributed by atoms with Crippen LogP contribution in [0.25, 0.3) is 0 Å². The number of nitro benzene ring substituents is 1. The second kappa shape index (κ2) is 31.2. The number of rotatable bonds is 11. The van der Waals surface area contributed by atoms with E-state index in [2.05, 4.69) is 31.9 Å². The quantitative estimate of drug-likeness (QED) is 0.0468. The lowest BCUT2D eigenvalue weighted by Gasteiger charge is -2.09. The molecule has 0 radical (unpaired) electrons. The Kier molecular flexibility index (Phi) is 27.2. The second-order valence-corrected chi connectivity index (χ2v) is 16.5. The van der Waals surface area contributed by atoms with E-state index < -0.39 is 58.1 Å². The molecular weight excluding hydrogens is 1210 g/mol. The number of halogens is 8. The van der Waals surface area contributed by atoms with Gasteiger partial charge < -0.3 is 54.7 Å². The van der Waals surface area contributed by atoms with Gasteiger partial charge in [-0.15, -0.1) is 0 Å². The van der Waals surface area contributed by atoms with Crippen molar-refractivity contribution < 1.29 is 97.2 Å². The molecule has 0 saturated carbocycles. The van der Waals surface area contributed by atoms with Crippen LogP contribution in [0.5, 0.6) is 28.7 Å². The van der Waals surface area contributed by atoms with Crippen molar-refractivity contribution in [2.24, 2.45) is 0 Å². The molecule has 0 aliphatic heterocycles. The maximum atomic E-state index is 12.3. The Morgan fingerprint density at radius 2 is 0.851 bits per heavy atom. The van der Waals surface area contributed by atoms with Crippen LogP contribution >= 0.6 is 78.3 Å². The lowest BCUT2D eigenvalue weighted by Crippen LogP contribution is -2.06. The number of methoxy groups -OCH3 is 4. The van der Waals surface area contributed by atoms with Gasteiger partial charge in [-0.2, -0.15) is 0 Å². The fourth-order valence-electron chi connectivity index (χ4n) is 5.08. The van der Waals surface area contributed by atoms with Gasteiger partial charge in [-0.25, -0.2) is 37.5 Å². The molecule has 0 fully saturated rings. The van der Waals surface area contributed by atoms with Gasteiger partial charge in [0.05, 0.1) is 75.7 Å². The number of hydrogen-bond donors (Lipinski definition) is 7. The standard InChI is InChI=1S/C9H9NO6.C9H10O4.C7H4Br2O2.C7H4Cl2O3.C7H4Cl2O2.C7H4F2O2/c1-15-6-4-3-5(10(13)14)8(16-2)7(6)9(11)12;1-12-6-4-3-5-7(13-2)8(6)9(10)11;8-5-1-4(7(10)11)2-6(9)3-5;8-4-1-3(7(11)12)2-5(9)6(4)10;8-4-2-1-3-5(9)6(4)7(10)11;8-5-1-4(7(10)11)2-6(9)3-5/h3-4H,1-2H3,(H,11,12);3-5H,1-2H3,(H,10,11);1-3H,(H,10,11);1-2,10H,(H,11,12);2*1-3H,(H,10,11). The molecule has 0 spiro atoms. The molecule has 28 heteroatoms. The molecule has 0 aromatic heterocycles. The number of aromatic carboxylic acids is 6. The number of nitrogens with zero attached hydrogens (tertiary/aromatic N) is 1. The molecule has 7 N–H and O–H groups in total. The first kappa shape index (κ1) is 64.5. The van der Waals surface area contributed by atoms with E-state index in [1.165, 1.54) is 39.5 Å². The zero-order valence-corrected chi connectivity index (χ0v) is 43.9. The zero-order chi connectivity index (χ0) is 56.7. The van der Waals surface area contributed by atoms with Gasteiger partial charge in [0.2, 0.25) is 5.75 Å². The largest absolute Gasteiger partial charge is 0.505 e. The Bertz CT molecular complexity index is 2870. The Morgan fingerprint density at radius 3 is 1.19 bits per heavy atom. The number of hydrogen-bond acceptors (Lipinski definition) is 13. The summed E-state index contributed by atoms with van der Waals surface area (Å²) in [6.45, 7) is 0. The highest BCUT2D eigenvalue weighted by molar-refractivity contribution is 9.11. The summed E-state index contributed by atoms with van der Waals surface area (Å²) in [7, 11) is 5.27. The average molecular weight is 1250 g/mol. The van der Waals surface area contributed by atoms with E-state index in [9.17, 15) is 47.7 Å². The predicted molar refractivity (Wildman–Crippen MR) is 270 cm³/mol. The molecule has 0 saturated heterocycles. The number of benzene rings is 6. The summed E-state index contributed by atoms with van der Waals surface area (Å²) in [6, 6.07) is 21.0. The van der Waals surface area contributed by atoms with Crippen LogP contribution in [0.3, 0.4) is 0 Å². The van der Waals surface area contributed by atoms with Crippen molar-refractivity contribution in [3.05, 3.63) is 181 Å². The number of phenols is 1. The van der Waals surface area contributed by atoms with Crippen molar-refractivity contribution in [3.63, 3.8) is 0 Å². The molecule has 6 aromatic rings. The third-order valence-corrected chi connectivity index (χ3v) is 10.4. The van der Waals surface area contributed by atoms with Crippen molar-refractivity contribution in [1.29, 1.82) is 0 Å². The van der Waals surface area contributed by atoms with E-state index in [0.29, 0.717) is 17.6 Å². The van der Waals surface area contributed by atoms with Crippen LogP contribution in [0.15, 0.2) is 106 Å². The van der Waals surface area contributed by atoms with E-state index in [1.54, 1.807) is 42.5 Å². The van der Waals surface area contributed by atoms with Crippen LogP contribution < -0.4 is 18.9 Å². The summed E-state index contributed by atoms with van der Waals surface area (Å²) in [5.41, 5.74) is -0.945. The molecule has 6 rings (SSSR count). The average Bonchev–Trinajstić information content (AvgIpc) is 3.32. The van der Waals surface area contributed by atoms with Crippen molar-refractivity contribution in [3.8, 4) is 28.7 Å². The number of phenolic OH excluding ortho intramolecular Hbond substituents is 1. The van der Waals surface area contributed by atoms with Gasteiger partial charge in [-0.1, -0.05) is 90.4 Å². The number of carboxylic acids is 6. The maximum absolute atomic E-state index is 12.3. The third-order valence-electron chi connectivity index (χ3n) is 8.23. The number of carbonyl (C=O) groups is 6. The van der Waals surface area contributed by atoms with E-state index in [1.807, 2.05) is 0 Å². The van der Waals surface area contributed by atoms with E-state index in [4.69, 9.17) is 101 Å². The number of nitro groups is 1. The molecule has 0 aliphatic carbocycles. The fourth-order valence-corrected chi connectivity index (χ4v) is 7.42. The normalized spacial score (nSPS) is 9.62. The van der Waals surface area contributed by atoms with Crippen molar-refractivity contribution in [1.82, 2.24) is 0 Å². The number of carboxylic acid groups (broad SMARTS) is 6. The Hall–Kier alpha value is -7.48. The Morgan fingerprint density at radius 1 is 0.486 bits per heavy atom. The summed E-state index contributed by atoms with van der Waals surface area (Å²) in [5.74, 6) is -8.72. The van der Waals surface area contributed by atoms with Crippen LogP contribution in [0.1, 0.15) is 62.1 Å². The van der Waals surface area contributed by atoms with Crippen LogP contribution in [-0.2, 0) is 0 Å². The Balaban J connectivity index is 0.000000446. The van der Waals surface area contributed by atoms with Crippen molar-refractivity contribution >= 4 is 120 Å². The highest BCUT2D eigenvalue weighted by atomic mass is 79.9. The molecule has 0 heterocycles. The number of ether oxygens (including phenoxy) is 4. The molecule has 6 aromatic carbocycles. The highest BCUT2D eigenvalue weighted by Crippen LogP contribution is 2.37. The second-order valence-electron chi connectivity index (χ2n) is 13.0. The molecule has 0 unspecified atom stereocenters. The fraction of sp³-hybridized carbons (Fsp3) is 0.0870. The topological polar surface area (TPSA) is 324 Å². The molecule has 0 atom stereocenters. The first-order chi connectivity index (χ1) is 34.6. The van der Waals surface area contributed by atoms with Gasteiger partial charge in [-0.05, 0) is 72.8 Å². The summed E-state index contributed by atoms with van der Waals surface area (Å²) in [4.78, 5) is 73.2. The predicted octanol–water partition coefficient (Wildman–Crippen LogP) is 12.4. The molecule has 0 bridgehead atoms. The van der Waals surface area contributed by atoms with Gasteiger partial charge in [0.25, 0.3) is 0 Å². The third kappa shape index (κ3) is 20.2. The smallest absolute Gasteiger partial charge is 0.343 e. The molecule has 394 valence electrons. The minimum Gasteiger partial charge on any atom is -0.505 e. The van der Waals surface area contributed by atoms with Gasteiger partial charge in [0.15, 0.2) is 11.3 Å². The van der Waals surface area contributed by atoms with E-state index >= 15 is 0 Å². The lowest BCUT2D eigenvalue weighted by molar-refractivity contribution is -0.385. The molecule has 74 heavy (non-hydrogen) atoms. The van der Waals surface area contributed by atoms with Crippen molar-refractivity contribution in [2.45, 2.75) is 0 Å². The maximum Gasteiger partial charge on any atom is 0.343 e. The van der Waals surface area contributed by atoms with Crippen LogP contribution in [0, 0.1) is 21.7 Å². The molecule has 0 aliphatic rings. The Labute approximate surface area is 452 Å². The van der Waals surface area contributed by atoms with Gasteiger partial charge in [0.1, 0.15) is 34.4 Å². The van der Waals surface area contributed by atoms with E-state index in [0.717, 1.165) is 46.4 Å². The highest BCUT2D eigenvalue weighted by Gasteiger charge is 2.27. The molecular formula is C46H35Br2Cl4F2NO19. The minimum atomic E-state index is -1.35. The first-order valence-electron chi connectivity index (χ1n) is 19.1. The molecule has 0 amide bonds. The summed E-state index contributed by atoms with van der Waals surface area (Å²) < 4.78 is 45.4. The van der Waals surface area contributed by atoms with Crippen LogP contribution in [-0.4, -0.2) is 105 Å². The summed E-state index contributed by atoms with van der Waals surface area (Å²) in [5, 5.41) is 71.7. The summed E-state index contributed by atoms with van der Waals surface area (Å²) in [6.07, 6.45) is 0. The van der Waals surface area contributed by atoms with Gasteiger partial charge >= 0.3 is 41.5 Å².